The quantitative estimate of drug-likeness (QED) is 0.820. The average molecular weight is 245 g/mol. The molecule has 0 spiro atoms. The van der Waals surface area contributed by atoms with Crippen molar-refractivity contribution < 1.29 is 14.7 Å². The van der Waals surface area contributed by atoms with Crippen molar-refractivity contribution in [3.63, 3.8) is 0 Å². The predicted octanol–water partition coefficient (Wildman–Crippen LogP) is 1.80. The van der Waals surface area contributed by atoms with E-state index < -0.39 is 12.0 Å². The summed E-state index contributed by atoms with van der Waals surface area (Å²) in [6.45, 7) is 5.80. The number of carboxylic acids is 1. The second-order valence-corrected chi connectivity index (χ2v) is 5.57. The number of carboxylic acid groups (broad SMARTS) is 1. The summed E-state index contributed by atoms with van der Waals surface area (Å²) in [6.07, 6.45) is 1.76. The first-order chi connectivity index (χ1) is 7.49. The number of aliphatic carboxylic acids is 1. The summed E-state index contributed by atoms with van der Waals surface area (Å²) in [7, 11) is 0. The van der Waals surface area contributed by atoms with Crippen LogP contribution >= 0.6 is 11.8 Å². The van der Waals surface area contributed by atoms with Crippen molar-refractivity contribution in [2.45, 2.75) is 45.0 Å². The molecule has 1 amide bonds. The van der Waals surface area contributed by atoms with Crippen LogP contribution in [0.1, 0.15) is 33.6 Å². The van der Waals surface area contributed by atoms with Crippen molar-refractivity contribution in [1.29, 1.82) is 0 Å². The van der Waals surface area contributed by atoms with E-state index in [-0.39, 0.29) is 17.2 Å². The number of hydrogen-bond donors (Lipinski definition) is 1. The Morgan fingerprint density at radius 3 is 2.69 bits per heavy atom. The lowest BCUT2D eigenvalue weighted by atomic mass is 10.0. The third-order valence-corrected chi connectivity index (χ3v) is 4.12. The lowest BCUT2D eigenvalue weighted by Crippen LogP contribution is -2.46. The first-order valence-corrected chi connectivity index (χ1v) is 6.70. The molecule has 3 atom stereocenters. The molecular formula is C11H19NO3S. The number of amides is 1. The fraction of sp³-hybridized carbons (Fsp3) is 0.818. The van der Waals surface area contributed by atoms with Crippen LogP contribution in [0.4, 0.5) is 0 Å². The van der Waals surface area contributed by atoms with Crippen molar-refractivity contribution in [2.24, 2.45) is 5.92 Å². The van der Waals surface area contributed by atoms with Crippen LogP contribution in [0.3, 0.4) is 0 Å². The molecule has 1 rings (SSSR count). The molecule has 5 heteroatoms. The van der Waals surface area contributed by atoms with Gasteiger partial charge in [0.25, 0.3) is 0 Å². The van der Waals surface area contributed by atoms with E-state index in [1.54, 1.807) is 0 Å². The van der Waals surface area contributed by atoms with Gasteiger partial charge in [-0.15, -0.1) is 11.8 Å². The van der Waals surface area contributed by atoms with Gasteiger partial charge < -0.3 is 10.0 Å². The molecular weight excluding hydrogens is 226 g/mol. The Hall–Kier alpha value is -0.710. The smallest absolute Gasteiger partial charge is 0.327 e. The van der Waals surface area contributed by atoms with Gasteiger partial charge in [-0.25, -0.2) is 4.79 Å². The summed E-state index contributed by atoms with van der Waals surface area (Å²) in [6, 6.07) is -0.646. The second-order valence-electron chi connectivity index (χ2n) is 4.22. The summed E-state index contributed by atoms with van der Waals surface area (Å²) in [4.78, 5) is 24.7. The molecule has 0 aromatic heterocycles. The van der Waals surface area contributed by atoms with Gasteiger partial charge in [-0.2, -0.15) is 0 Å². The maximum absolute atomic E-state index is 12.1. The zero-order valence-electron chi connectivity index (χ0n) is 9.97. The van der Waals surface area contributed by atoms with Gasteiger partial charge in [0, 0.05) is 11.7 Å². The van der Waals surface area contributed by atoms with Crippen molar-refractivity contribution in [1.82, 2.24) is 4.90 Å². The van der Waals surface area contributed by atoms with Crippen molar-refractivity contribution in [3.8, 4) is 0 Å². The molecule has 92 valence electrons. The Bertz CT molecular complexity index is 282. The van der Waals surface area contributed by atoms with Crippen LogP contribution in [0.5, 0.6) is 0 Å². The summed E-state index contributed by atoms with van der Waals surface area (Å²) in [5, 5.41) is 9.03. The standard InChI is InChI=1S/C11H19NO3S/c1-4-5-7(2)10(13)12-8(3)16-6-9(12)11(14)15/h7-9H,4-6H2,1-3H3,(H,14,15). The van der Waals surface area contributed by atoms with Crippen LogP contribution in [-0.2, 0) is 9.59 Å². The van der Waals surface area contributed by atoms with Gasteiger partial charge in [0.15, 0.2) is 0 Å². The Morgan fingerprint density at radius 2 is 2.19 bits per heavy atom. The Labute approximate surface area is 100 Å². The van der Waals surface area contributed by atoms with Crippen LogP contribution in [0.25, 0.3) is 0 Å². The first-order valence-electron chi connectivity index (χ1n) is 5.65. The van der Waals surface area contributed by atoms with Crippen LogP contribution in [0, 0.1) is 5.92 Å². The van der Waals surface area contributed by atoms with Gasteiger partial charge in [0.2, 0.25) is 5.91 Å². The van der Waals surface area contributed by atoms with E-state index in [9.17, 15) is 9.59 Å². The normalized spacial score (nSPS) is 26.8. The summed E-state index contributed by atoms with van der Waals surface area (Å²) < 4.78 is 0. The predicted molar refractivity (Wildman–Crippen MR) is 64.3 cm³/mol. The van der Waals surface area contributed by atoms with E-state index in [1.807, 2.05) is 20.8 Å². The van der Waals surface area contributed by atoms with E-state index >= 15 is 0 Å². The number of carbonyl (C=O) groups excluding carboxylic acids is 1. The average Bonchev–Trinajstić information content (AvgIpc) is 2.59. The highest BCUT2D eigenvalue weighted by molar-refractivity contribution is 8.00. The topological polar surface area (TPSA) is 57.6 Å². The maximum atomic E-state index is 12.1. The zero-order chi connectivity index (χ0) is 12.3. The van der Waals surface area contributed by atoms with Crippen LogP contribution in [0.15, 0.2) is 0 Å². The molecule has 0 saturated carbocycles. The van der Waals surface area contributed by atoms with E-state index in [2.05, 4.69) is 0 Å². The Morgan fingerprint density at radius 1 is 1.56 bits per heavy atom. The molecule has 1 saturated heterocycles. The van der Waals surface area contributed by atoms with E-state index in [0.29, 0.717) is 5.75 Å². The molecule has 4 nitrogen and oxygen atoms in total. The van der Waals surface area contributed by atoms with Crippen molar-refractivity contribution in [3.05, 3.63) is 0 Å². The summed E-state index contributed by atoms with van der Waals surface area (Å²) >= 11 is 1.53. The number of carbonyl (C=O) groups is 2. The maximum Gasteiger partial charge on any atom is 0.327 e. The van der Waals surface area contributed by atoms with Gasteiger partial charge in [-0.05, 0) is 13.3 Å². The van der Waals surface area contributed by atoms with E-state index in [4.69, 9.17) is 5.11 Å². The minimum Gasteiger partial charge on any atom is -0.480 e. The molecule has 0 aliphatic carbocycles. The molecule has 1 fully saturated rings. The number of thioether (sulfide) groups is 1. The van der Waals surface area contributed by atoms with Crippen LogP contribution < -0.4 is 0 Å². The summed E-state index contributed by atoms with van der Waals surface area (Å²) in [5.74, 6) is -0.491. The van der Waals surface area contributed by atoms with Gasteiger partial charge >= 0.3 is 5.97 Å². The van der Waals surface area contributed by atoms with Crippen molar-refractivity contribution in [2.75, 3.05) is 5.75 Å². The monoisotopic (exact) mass is 245 g/mol. The zero-order valence-corrected chi connectivity index (χ0v) is 10.8. The van der Waals surface area contributed by atoms with Gasteiger partial charge in [-0.3, -0.25) is 4.79 Å². The molecule has 1 N–H and O–H groups in total. The number of rotatable bonds is 4. The van der Waals surface area contributed by atoms with Gasteiger partial charge in [-0.1, -0.05) is 20.3 Å². The number of hydrogen-bond acceptors (Lipinski definition) is 3. The highest BCUT2D eigenvalue weighted by Crippen LogP contribution is 2.30. The molecule has 1 aliphatic heterocycles. The molecule has 16 heavy (non-hydrogen) atoms. The van der Waals surface area contributed by atoms with E-state index in [0.717, 1.165) is 12.8 Å². The molecule has 0 bridgehead atoms. The largest absolute Gasteiger partial charge is 0.480 e. The van der Waals surface area contributed by atoms with Gasteiger partial charge in [0.05, 0.1) is 5.37 Å². The van der Waals surface area contributed by atoms with Crippen LogP contribution in [0.2, 0.25) is 0 Å². The molecule has 3 unspecified atom stereocenters. The minimum atomic E-state index is -0.895. The SMILES string of the molecule is CCCC(C)C(=O)N1C(C)SCC1C(=O)O. The molecule has 1 aliphatic rings. The molecule has 0 aromatic rings. The minimum absolute atomic E-state index is 0.0205. The number of nitrogens with zero attached hydrogens (tertiary/aromatic N) is 1. The fourth-order valence-corrected chi connectivity index (χ4v) is 3.15. The van der Waals surface area contributed by atoms with E-state index in [1.165, 1.54) is 16.7 Å². The summed E-state index contributed by atoms with van der Waals surface area (Å²) in [5.41, 5.74) is 0. The van der Waals surface area contributed by atoms with Crippen molar-refractivity contribution >= 4 is 23.6 Å². The Kier molecular flexibility index (Phi) is 4.65. The lowest BCUT2D eigenvalue weighted by molar-refractivity contribution is -0.150. The third-order valence-electron chi connectivity index (χ3n) is 2.91. The highest BCUT2D eigenvalue weighted by Gasteiger charge is 2.40. The van der Waals surface area contributed by atoms with Crippen LogP contribution in [-0.4, -0.2) is 39.1 Å². The second kappa shape index (κ2) is 5.57. The van der Waals surface area contributed by atoms with Gasteiger partial charge in [0.1, 0.15) is 6.04 Å². The molecule has 0 aromatic carbocycles. The molecule has 0 radical (unpaired) electrons. The highest BCUT2D eigenvalue weighted by atomic mass is 32.2. The lowest BCUT2D eigenvalue weighted by Gasteiger charge is -2.27. The Balaban J connectivity index is 2.75. The molecule has 1 heterocycles. The first kappa shape index (κ1) is 13.4. The fourth-order valence-electron chi connectivity index (χ4n) is 1.98. The third kappa shape index (κ3) is 2.70.